The van der Waals surface area contributed by atoms with Crippen LogP contribution in [0.15, 0.2) is 56.5 Å². The zero-order valence-electron chi connectivity index (χ0n) is 15.4. The maximum absolute atomic E-state index is 13.0. The summed E-state index contributed by atoms with van der Waals surface area (Å²) in [7, 11) is 3.78. The van der Waals surface area contributed by atoms with Crippen molar-refractivity contribution in [3.05, 3.63) is 67.6 Å². The highest BCUT2D eigenvalue weighted by Gasteiger charge is 2.20. The number of hydrogen-bond acceptors (Lipinski definition) is 3. The van der Waals surface area contributed by atoms with Crippen LogP contribution in [0.3, 0.4) is 0 Å². The van der Waals surface area contributed by atoms with E-state index in [-0.39, 0.29) is 5.78 Å². The largest absolute Gasteiger partial charge is 0.387 e. The van der Waals surface area contributed by atoms with Gasteiger partial charge in [-0.2, -0.15) is 0 Å². The van der Waals surface area contributed by atoms with Gasteiger partial charge in [-0.05, 0) is 98.7 Å². The summed E-state index contributed by atoms with van der Waals surface area (Å²) in [6, 6.07) is 12.2. The van der Waals surface area contributed by atoms with Crippen LogP contribution in [0.1, 0.15) is 30.4 Å². The van der Waals surface area contributed by atoms with Gasteiger partial charge in [0.2, 0.25) is 0 Å². The van der Waals surface area contributed by atoms with Crippen LogP contribution in [0.5, 0.6) is 0 Å². The van der Waals surface area contributed by atoms with Gasteiger partial charge < -0.3 is 10.6 Å². The van der Waals surface area contributed by atoms with Crippen LogP contribution in [0.2, 0.25) is 0 Å². The third-order valence-corrected chi connectivity index (χ3v) is 5.99. The lowest BCUT2D eigenvalue weighted by atomic mass is 9.87. The molecule has 0 saturated heterocycles. The molecule has 0 spiro atoms. The van der Waals surface area contributed by atoms with Crippen molar-refractivity contribution in [1.29, 1.82) is 0 Å². The van der Waals surface area contributed by atoms with Crippen LogP contribution in [0.25, 0.3) is 12.2 Å². The number of Topliss-reactive ketones (excluding diaryl/α,β-unsaturated/α-hetero) is 1. The van der Waals surface area contributed by atoms with Gasteiger partial charge >= 0.3 is 0 Å². The van der Waals surface area contributed by atoms with Crippen LogP contribution < -0.4 is 10.6 Å². The third-order valence-electron chi connectivity index (χ3n) is 4.68. The zero-order chi connectivity index (χ0) is 19.4. The van der Waals surface area contributed by atoms with Crippen molar-refractivity contribution >= 4 is 61.2 Å². The molecule has 5 heteroatoms. The highest BCUT2D eigenvalue weighted by molar-refractivity contribution is 9.11. The number of nitrogens with one attached hydrogen (secondary N) is 2. The van der Waals surface area contributed by atoms with Gasteiger partial charge in [0.25, 0.3) is 0 Å². The Morgan fingerprint density at radius 1 is 0.815 bits per heavy atom. The predicted octanol–water partition coefficient (Wildman–Crippen LogP) is 6.52. The minimum Gasteiger partial charge on any atom is -0.387 e. The SMILES string of the molecule is CNc1ccc(/C=C2\CCC/C(=C\c3ccc(NC)c(Br)c3)C2=O)cc1Br. The topological polar surface area (TPSA) is 41.1 Å². The van der Waals surface area contributed by atoms with E-state index in [1.54, 1.807) is 0 Å². The molecule has 0 heterocycles. The second-order valence-electron chi connectivity index (χ2n) is 6.50. The number of ketones is 1. The van der Waals surface area contributed by atoms with Gasteiger partial charge in [-0.3, -0.25) is 4.79 Å². The van der Waals surface area contributed by atoms with Gasteiger partial charge in [0.15, 0.2) is 5.78 Å². The number of halogens is 2. The van der Waals surface area contributed by atoms with Crippen LogP contribution in [0, 0.1) is 0 Å². The predicted molar refractivity (Wildman–Crippen MR) is 122 cm³/mol. The molecule has 0 aromatic heterocycles. The molecule has 0 amide bonds. The summed E-state index contributed by atoms with van der Waals surface area (Å²) >= 11 is 7.13. The lowest BCUT2D eigenvalue weighted by molar-refractivity contribution is -0.112. The molecule has 2 N–H and O–H groups in total. The fourth-order valence-corrected chi connectivity index (χ4v) is 4.42. The molecule has 3 nitrogen and oxygen atoms in total. The molecule has 140 valence electrons. The maximum atomic E-state index is 13.0. The average molecular weight is 490 g/mol. The smallest absolute Gasteiger partial charge is 0.185 e. The normalized spacial score (nSPS) is 17.4. The summed E-state index contributed by atoms with van der Waals surface area (Å²) in [5.41, 5.74) is 5.88. The van der Waals surface area contributed by atoms with Crippen molar-refractivity contribution in [2.75, 3.05) is 24.7 Å². The summed E-state index contributed by atoms with van der Waals surface area (Å²) in [5, 5.41) is 6.26. The van der Waals surface area contributed by atoms with E-state index >= 15 is 0 Å². The number of carbonyl (C=O) groups is 1. The van der Waals surface area contributed by atoms with E-state index in [0.717, 1.165) is 61.9 Å². The number of allylic oxidation sites excluding steroid dienone is 2. The van der Waals surface area contributed by atoms with E-state index in [1.807, 2.05) is 62.6 Å². The summed E-state index contributed by atoms with van der Waals surface area (Å²) in [5.74, 6) is 0.156. The Hall–Kier alpha value is -1.85. The molecule has 0 unspecified atom stereocenters. The standard InChI is InChI=1S/C22H22Br2N2O/c1-25-20-8-6-14(12-18(20)23)10-16-4-3-5-17(22(16)27)11-15-7-9-21(26-2)19(24)13-15/h6-13,25-26H,3-5H2,1-2H3/b16-10+,17-11+. The van der Waals surface area contributed by atoms with Crippen molar-refractivity contribution in [3.63, 3.8) is 0 Å². The van der Waals surface area contributed by atoms with Gasteiger partial charge in [-0.15, -0.1) is 0 Å². The lowest BCUT2D eigenvalue weighted by Crippen LogP contribution is -2.12. The molecule has 0 atom stereocenters. The molecule has 1 aliphatic rings. The number of benzene rings is 2. The van der Waals surface area contributed by atoms with Crippen LogP contribution in [-0.2, 0) is 4.79 Å². The minimum absolute atomic E-state index is 0.156. The Labute approximate surface area is 177 Å². The first kappa shape index (κ1) is 19.9. The number of anilines is 2. The van der Waals surface area contributed by atoms with E-state index in [0.29, 0.717) is 0 Å². The molecule has 2 aromatic rings. The van der Waals surface area contributed by atoms with Gasteiger partial charge in [0.1, 0.15) is 0 Å². The monoisotopic (exact) mass is 488 g/mol. The Balaban J connectivity index is 1.87. The van der Waals surface area contributed by atoms with E-state index in [9.17, 15) is 4.79 Å². The van der Waals surface area contributed by atoms with Crippen molar-refractivity contribution in [1.82, 2.24) is 0 Å². The van der Waals surface area contributed by atoms with Crippen LogP contribution >= 0.6 is 31.9 Å². The van der Waals surface area contributed by atoms with Crippen LogP contribution in [0.4, 0.5) is 11.4 Å². The first-order valence-corrected chi connectivity index (χ1v) is 10.5. The molecular formula is C22H22Br2N2O. The second-order valence-corrected chi connectivity index (χ2v) is 8.21. The van der Waals surface area contributed by atoms with Gasteiger partial charge in [-0.25, -0.2) is 0 Å². The summed E-state index contributed by atoms with van der Waals surface area (Å²) in [4.78, 5) is 13.0. The fraction of sp³-hybridized carbons (Fsp3) is 0.227. The Morgan fingerprint density at radius 3 is 1.63 bits per heavy atom. The van der Waals surface area contributed by atoms with Crippen molar-refractivity contribution in [2.45, 2.75) is 19.3 Å². The average Bonchev–Trinajstić information content (AvgIpc) is 2.65. The summed E-state index contributed by atoms with van der Waals surface area (Å²) < 4.78 is 1.99. The van der Waals surface area contributed by atoms with Gasteiger partial charge in [0.05, 0.1) is 0 Å². The van der Waals surface area contributed by atoms with E-state index < -0.39 is 0 Å². The molecule has 1 fully saturated rings. The van der Waals surface area contributed by atoms with Crippen molar-refractivity contribution in [2.24, 2.45) is 0 Å². The first-order valence-electron chi connectivity index (χ1n) is 8.92. The molecule has 1 saturated carbocycles. The van der Waals surface area contributed by atoms with Gasteiger partial charge in [-0.1, -0.05) is 12.1 Å². The summed E-state index contributed by atoms with van der Waals surface area (Å²) in [6.45, 7) is 0. The minimum atomic E-state index is 0.156. The fourth-order valence-electron chi connectivity index (χ4n) is 3.23. The third kappa shape index (κ3) is 4.71. The van der Waals surface area contributed by atoms with Crippen molar-refractivity contribution in [3.8, 4) is 0 Å². The molecular weight excluding hydrogens is 468 g/mol. The molecule has 27 heavy (non-hydrogen) atoms. The van der Waals surface area contributed by atoms with E-state index in [1.165, 1.54) is 0 Å². The highest BCUT2D eigenvalue weighted by atomic mass is 79.9. The van der Waals surface area contributed by atoms with Crippen LogP contribution in [-0.4, -0.2) is 19.9 Å². The van der Waals surface area contributed by atoms with E-state index in [2.05, 4.69) is 42.5 Å². The maximum Gasteiger partial charge on any atom is 0.185 e. The first-order chi connectivity index (χ1) is 13.0. The molecule has 0 bridgehead atoms. The lowest BCUT2D eigenvalue weighted by Gasteiger charge is -2.17. The van der Waals surface area contributed by atoms with Gasteiger partial charge in [0, 0.05) is 45.6 Å². The summed E-state index contributed by atoms with van der Waals surface area (Å²) in [6.07, 6.45) is 6.67. The van der Waals surface area contributed by atoms with E-state index in [4.69, 9.17) is 0 Å². The highest BCUT2D eigenvalue weighted by Crippen LogP contribution is 2.31. The second kappa shape index (κ2) is 8.89. The number of carbonyl (C=O) groups excluding carboxylic acids is 1. The number of rotatable bonds is 4. The molecule has 2 aromatic carbocycles. The zero-order valence-corrected chi connectivity index (χ0v) is 18.6. The molecule has 3 rings (SSSR count). The Bertz CT molecular complexity index is 858. The van der Waals surface area contributed by atoms with Crippen molar-refractivity contribution < 1.29 is 4.79 Å². The molecule has 0 radical (unpaired) electrons. The number of hydrogen-bond donors (Lipinski definition) is 2. The molecule has 0 aliphatic heterocycles. The Morgan fingerprint density at radius 2 is 1.26 bits per heavy atom. The quantitative estimate of drug-likeness (QED) is 0.480. The Kier molecular flexibility index (Phi) is 6.55. The molecule has 1 aliphatic carbocycles.